The summed E-state index contributed by atoms with van der Waals surface area (Å²) in [6.07, 6.45) is 0. The van der Waals surface area contributed by atoms with E-state index in [2.05, 4.69) is 28.2 Å². The Balaban J connectivity index is -0.0000000800. The second-order valence-electron chi connectivity index (χ2n) is 2.74. The molecule has 0 atom stereocenters. The third kappa shape index (κ3) is 277. The molecule has 9 heavy (non-hydrogen) atoms. The van der Waals surface area contributed by atoms with Gasteiger partial charge in [-0.3, -0.25) is 0 Å². The van der Waals surface area contributed by atoms with E-state index >= 15 is 0 Å². The first kappa shape index (κ1) is 16.7. The first-order valence-electron chi connectivity index (χ1n) is 2.07. The van der Waals surface area contributed by atoms with E-state index in [0.717, 1.165) is 4.48 Å². The molecule has 0 radical (unpaired) electrons. The number of rotatable bonds is 0. The van der Waals surface area contributed by atoms with Crippen molar-refractivity contribution in [2.24, 2.45) is 0 Å². The van der Waals surface area contributed by atoms with Gasteiger partial charge in [-0.25, -0.2) is 0 Å². The molecule has 5 heteroatoms. The van der Waals surface area contributed by atoms with Crippen molar-refractivity contribution < 1.29 is 30.0 Å². The van der Waals surface area contributed by atoms with E-state index in [0.29, 0.717) is 0 Å². The zero-order valence-electron chi connectivity index (χ0n) is 5.96. The first-order valence-corrected chi connectivity index (χ1v) is 5.32. The Kier molecular flexibility index (Phi) is 17.4. The fourth-order valence-electron chi connectivity index (χ4n) is 0. The third-order valence-corrected chi connectivity index (χ3v) is 0. The molecule has 0 aromatic carbocycles. The van der Waals surface area contributed by atoms with E-state index in [9.17, 15) is 0 Å². The SMILES string of the molecule is C[N+](C)(C)C.[Cl-].[Cl][Mn][Cl]. The Labute approximate surface area is 78.3 Å². The maximum atomic E-state index is 4.80. The molecule has 0 amide bonds. The molecule has 0 saturated heterocycles. The second kappa shape index (κ2) is 9.35. The van der Waals surface area contributed by atoms with Gasteiger partial charge in [0.15, 0.2) is 0 Å². The van der Waals surface area contributed by atoms with Crippen LogP contribution >= 0.6 is 20.2 Å². The normalized spacial score (nSPS) is 8.67. The molecule has 0 heterocycles. The molecule has 0 aromatic rings. The van der Waals surface area contributed by atoms with Crippen LogP contribution in [0, 0.1) is 0 Å². The second-order valence-corrected chi connectivity index (χ2v) is 4.69. The Bertz CT molecular complexity index is 39.6. The summed E-state index contributed by atoms with van der Waals surface area (Å²) in [6.45, 7) is 0. The fraction of sp³-hybridized carbons (Fsp3) is 1.00. The molecular weight excluding hydrogens is 223 g/mol. The van der Waals surface area contributed by atoms with E-state index in [-0.39, 0.29) is 25.5 Å². The maximum absolute atomic E-state index is 4.80. The summed E-state index contributed by atoms with van der Waals surface area (Å²) in [7, 11) is 18.1. The van der Waals surface area contributed by atoms with Crippen LogP contribution in [0.1, 0.15) is 0 Å². The van der Waals surface area contributed by atoms with Crippen LogP contribution in [0.5, 0.6) is 0 Å². The van der Waals surface area contributed by atoms with Crippen LogP contribution in [0.4, 0.5) is 0 Å². The number of quaternary nitrogens is 1. The zero-order valence-corrected chi connectivity index (χ0v) is 9.41. The van der Waals surface area contributed by atoms with E-state index in [1.54, 1.807) is 0 Å². The van der Waals surface area contributed by atoms with E-state index < -0.39 is 0 Å². The molecule has 0 fully saturated rings. The summed E-state index contributed by atoms with van der Waals surface area (Å²) in [6, 6.07) is 0. The molecule has 0 unspecified atom stereocenters. The summed E-state index contributed by atoms with van der Waals surface area (Å²) in [4.78, 5) is 0. The molecular formula is C4H12Cl3MnN. The summed E-state index contributed by atoms with van der Waals surface area (Å²) < 4.78 is 1.00. The van der Waals surface area contributed by atoms with Crippen molar-refractivity contribution in [3.63, 3.8) is 0 Å². The summed E-state index contributed by atoms with van der Waals surface area (Å²) in [5.74, 6) is 0. The zero-order chi connectivity index (χ0) is 7.21. The minimum atomic E-state index is 0. The van der Waals surface area contributed by atoms with Crippen molar-refractivity contribution in [1.29, 1.82) is 0 Å². The van der Waals surface area contributed by atoms with Gasteiger partial charge in [-0.1, -0.05) is 0 Å². The molecule has 0 aromatic heterocycles. The summed E-state index contributed by atoms with van der Waals surface area (Å²) in [5.41, 5.74) is 0. The van der Waals surface area contributed by atoms with Crippen LogP contribution in [0.2, 0.25) is 0 Å². The number of halogens is 3. The Hall–Kier alpha value is 1.35. The Morgan fingerprint density at radius 3 is 1.00 bits per heavy atom. The Morgan fingerprint density at radius 2 is 1.00 bits per heavy atom. The van der Waals surface area contributed by atoms with E-state index in [4.69, 9.17) is 20.2 Å². The van der Waals surface area contributed by atoms with Crippen LogP contribution in [0.3, 0.4) is 0 Å². The molecule has 0 bridgehead atoms. The predicted octanol–water partition coefficient (Wildman–Crippen LogP) is -1.30. The first-order chi connectivity index (χ1) is 3.41. The summed E-state index contributed by atoms with van der Waals surface area (Å²) >= 11 is 0.00694. The van der Waals surface area contributed by atoms with Gasteiger partial charge in [0.1, 0.15) is 0 Å². The number of hydrogen-bond acceptors (Lipinski definition) is 0. The quantitative estimate of drug-likeness (QED) is 0.362. The van der Waals surface area contributed by atoms with Crippen molar-refractivity contribution in [3.8, 4) is 0 Å². The summed E-state index contributed by atoms with van der Waals surface area (Å²) in [5, 5.41) is 0. The van der Waals surface area contributed by atoms with Crippen LogP contribution in [0.25, 0.3) is 0 Å². The van der Waals surface area contributed by atoms with Crippen molar-refractivity contribution in [1.82, 2.24) is 0 Å². The standard InChI is InChI=1S/C4H12N.3ClH.Mn/c1-5(2,3)4;;;;/h1-4H3;3*1H;/q+1;;;;+2/p-3. The van der Waals surface area contributed by atoms with Crippen LogP contribution in [-0.2, 0) is 13.1 Å². The minimum absolute atomic E-state index is 0. The molecule has 0 N–H and O–H groups in total. The van der Waals surface area contributed by atoms with Gasteiger partial charge < -0.3 is 16.9 Å². The van der Waals surface area contributed by atoms with Gasteiger partial charge in [-0.15, -0.1) is 0 Å². The number of hydrogen-bond donors (Lipinski definition) is 0. The van der Waals surface area contributed by atoms with Gasteiger partial charge in [0, 0.05) is 0 Å². The van der Waals surface area contributed by atoms with Crippen molar-refractivity contribution in [3.05, 3.63) is 0 Å². The van der Waals surface area contributed by atoms with Crippen molar-refractivity contribution >= 4 is 20.2 Å². The molecule has 1 nitrogen and oxygen atoms in total. The van der Waals surface area contributed by atoms with Crippen LogP contribution < -0.4 is 12.4 Å². The van der Waals surface area contributed by atoms with Crippen molar-refractivity contribution in [2.75, 3.05) is 28.2 Å². The predicted molar refractivity (Wildman–Crippen MR) is 35.7 cm³/mol. The molecule has 0 saturated carbocycles. The fourth-order valence-corrected chi connectivity index (χ4v) is 0. The molecule has 61 valence electrons. The van der Waals surface area contributed by atoms with Gasteiger partial charge >= 0.3 is 33.3 Å². The monoisotopic (exact) mass is 234 g/mol. The molecule has 0 spiro atoms. The van der Waals surface area contributed by atoms with Crippen LogP contribution in [0.15, 0.2) is 0 Å². The van der Waals surface area contributed by atoms with E-state index in [1.807, 2.05) is 0 Å². The van der Waals surface area contributed by atoms with Gasteiger partial charge in [-0.05, 0) is 0 Å². The average Bonchev–Trinajstić information content (AvgIpc) is 1.27. The molecule has 0 aliphatic heterocycles. The number of nitrogens with zero attached hydrogens (tertiary/aromatic N) is 1. The van der Waals surface area contributed by atoms with Gasteiger partial charge in [0.2, 0.25) is 0 Å². The topological polar surface area (TPSA) is 0 Å². The Morgan fingerprint density at radius 1 is 1.00 bits per heavy atom. The molecule has 0 aliphatic carbocycles. The third-order valence-electron chi connectivity index (χ3n) is 0. The molecule has 0 aliphatic rings. The average molecular weight is 235 g/mol. The van der Waals surface area contributed by atoms with E-state index in [1.165, 1.54) is 0 Å². The van der Waals surface area contributed by atoms with Crippen molar-refractivity contribution in [2.45, 2.75) is 0 Å². The van der Waals surface area contributed by atoms with Gasteiger partial charge in [0.25, 0.3) is 0 Å². The van der Waals surface area contributed by atoms with Gasteiger partial charge in [0.05, 0.1) is 28.2 Å². The van der Waals surface area contributed by atoms with Crippen LogP contribution in [-0.4, -0.2) is 32.7 Å². The molecule has 0 rings (SSSR count). The van der Waals surface area contributed by atoms with Gasteiger partial charge in [-0.2, -0.15) is 0 Å².